The Hall–Kier alpha value is -0.340. The summed E-state index contributed by atoms with van der Waals surface area (Å²) in [6.45, 7) is 12.8. The van der Waals surface area contributed by atoms with Crippen molar-refractivity contribution in [2.75, 3.05) is 6.61 Å². The molecule has 0 unspecified atom stereocenters. The van der Waals surface area contributed by atoms with Crippen LogP contribution in [0.5, 0.6) is 0 Å². The van der Waals surface area contributed by atoms with Crippen molar-refractivity contribution in [3.05, 3.63) is 12.2 Å². The summed E-state index contributed by atoms with van der Waals surface area (Å²) in [4.78, 5) is 0. The number of aliphatic hydroxyl groups is 2. The van der Waals surface area contributed by atoms with Gasteiger partial charge < -0.3 is 10.2 Å². The van der Waals surface area contributed by atoms with E-state index in [9.17, 15) is 5.11 Å². The lowest BCUT2D eigenvalue weighted by molar-refractivity contribution is -0.0876. The Morgan fingerprint density at radius 1 is 1.44 bits per heavy atom. The lowest BCUT2D eigenvalue weighted by Gasteiger charge is -2.50. The van der Waals surface area contributed by atoms with Gasteiger partial charge in [-0.3, -0.25) is 0 Å². The molecular weight excluding hydrogens is 200 g/mol. The summed E-state index contributed by atoms with van der Waals surface area (Å²) < 4.78 is 0. The Bertz CT molecular complexity index is 261. The SMILES string of the molecule is C=C(C)[C@@H]1C[C@H](O)[C@](C)(CCO)[C@@H](C)[C@H]1C. The molecule has 0 aliphatic heterocycles. The quantitative estimate of drug-likeness (QED) is 0.726. The van der Waals surface area contributed by atoms with Gasteiger partial charge >= 0.3 is 0 Å². The third kappa shape index (κ3) is 2.18. The first-order valence-corrected chi connectivity index (χ1v) is 6.29. The second-order valence-electron chi connectivity index (χ2n) is 5.83. The molecule has 1 fully saturated rings. The van der Waals surface area contributed by atoms with Crippen LogP contribution in [0.2, 0.25) is 0 Å². The van der Waals surface area contributed by atoms with E-state index in [1.807, 2.05) is 0 Å². The molecule has 2 nitrogen and oxygen atoms in total. The summed E-state index contributed by atoms with van der Waals surface area (Å²) in [5.41, 5.74) is 1.02. The molecule has 2 N–H and O–H groups in total. The van der Waals surface area contributed by atoms with Gasteiger partial charge in [0.1, 0.15) is 0 Å². The van der Waals surface area contributed by atoms with Gasteiger partial charge in [-0.15, -0.1) is 0 Å². The highest BCUT2D eigenvalue weighted by atomic mass is 16.3. The van der Waals surface area contributed by atoms with Gasteiger partial charge in [0.05, 0.1) is 6.10 Å². The average Bonchev–Trinajstić information content (AvgIpc) is 2.21. The van der Waals surface area contributed by atoms with Gasteiger partial charge in [-0.25, -0.2) is 0 Å². The second kappa shape index (κ2) is 4.89. The summed E-state index contributed by atoms with van der Waals surface area (Å²) in [5.74, 6) is 1.35. The van der Waals surface area contributed by atoms with Crippen molar-refractivity contribution in [3.63, 3.8) is 0 Å². The van der Waals surface area contributed by atoms with Crippen LogP contribution in [-0.4, -0.2) is 22.9 Å². The van der Waals surface area contributed by atoms with E-state index in [1.54, 1.807) is 0 Å². The fourth-order valence-electron chi connectivity index (χ4n) is 3.26. The van der Waals surface area contributed by atoms with Crippen LogP contribution in [-0.2, 0) is 0 Å². The average molecular weight is 226 g/mol. The first-order chi connectivity index (χ1) is 7.34. The Morgan fingerprint density at radius 3 is 2.44 bits per heavy atom. The molecule has 0 aromatic carbocycles. The van der Waals surface area contributed by atoms with Crippen LogP contribution in [0.3, 0.4) is 0 Å². The normalized spacial score (nSPS) is 44.4. The van der Waals surface area contributed by atoms with Crippen LogP contribution in [0.15, 0.2) is 12.2 Å². The Balaban J connectivity index is 2.91. The first kappa shape index (κ1) is 13.7. The molecular formula is C14H26O2. The summed E-state index contributed by atoms with van der Waals surface area (Å²) in [6.07, 6.45) is 1.15. The fraction of sp³-hybridized carbons (Fsp3) is 0.857. The van der Waals surface area contributed by atoms with Crippen LogP contribution >= 0.6 is 0 Å². The lowest BCUT2D eigenvalue weighted by atomic mass is 9.56. The summed E-state index contributed by atoms with van der Waals surface area (Å²) in [6, 6.07) is 0. The minimum Gasteiger partial charge on any atom is -0.396 e. The predicted octanol–water partition coefficient (Wildman–Crippen LogP) is 2.60. The van der Waals surface area contributed by atoms with Crippen LogP contribution in [0.1, 0.15) is 40.5 Å². The summed E-state index contributed by atoms with van der Waals surface area (Å²) >= 11 is 0. The predicted molar refractivity (Wildman–Crippen MR) is 67.1 cm³/mol. The van der Waals surface area contributed by atoms with E-state index >= 15 is 0 Å². The van der Waals surface area contributed by atoms with Crippen molar-refractivity contribution >= 4 is 0 Å². The highest BCUT2D eigenvalue weighted by Crippen LogP contribution is 2.50. The second-order valence-corrected chi connectivity index (χ2v) is 5.83. The highest BCUT2D eigenvalue weighted by molar-refractivity contribution is 5.07. The van der Waals surface area contributed by atoms with E-state index in [2.05, 4.69) is 34.3 Å². The molecule has 5 atom stereocenters. The van der Waals surface area contributed by atoms with Gasteiger partial charge in [0, 0.05) is 6.61 Å². The van der Waals surface area contributed by atoms with Crippen molar-refractivity contribution in [2.24, 2.45) is 23.2 Å². The number of hydrogen-bond acceptors (Lipinski definition) is 2. The molecule has 1 aliphatic rings. The van der Waals surface area contributed by atoms with E-state index in [-0.39, 0.29) is 18.1 Å². The van der Waals surface area contributed by atoms with Crippen molar-refractivity contribution in [2.45, 2.75) is 46.6 Å². The molecule has 0 heterocycles. The third-order valence-electron chi connectivity index (χ3n) is 4.99. The van der Waals surface area contributed by atoms with Gasteiger partial charge in [-0.05, 0) is 42.9 Å². The molecule has 1 rings (SSSR count). The third-order valence-corrected chi connectivity index (χ3v) is 4.99. The van der Waals surface area contributed by atoms with Crippen molar-refractivity contribution in [1.82, 2.24) is 0 Å². The molecule has 16 heavy (non-hydrogen) atoms. The number of rotatable bonds is 3. The molecule has 1 saturated carbocycles. The standard InChI is InChI=1S/C14H26O2/c1-9(2)12-8-13(16)14(5,6-7-15)11(4)10(12)3/h10-13,15-16H,1,6-8H2,2-5H3/t10-,11+,12+,13+,14-/m1/s1. The fourth-order valence-corrected chi connectivity index (χ4v) is 3.26. The van der Waals surface area contributed by atoms with Crippen molar-refractivity contribution < 1.29 is 10.2 Å². The minimum atomic E-state index is -0.326. The topological polar surface area (TPSA) is 40.5 Å². The zero-order valence-electron chi connectivity index (χ0n) is 11.0. The van der Waals surface area contributed by atoms with Crippen molar-refractivity contribution in [1.29, 1.82) is 0 Å². The maximum Gasteiger partial charge on any atom is 0.0603 e. The Labute approximate surface area is 99.4 Å². The maximum atomic E-state index is 10.3. The maximum absolute atomic E-state index is 10.3. The Morgan fingerprint density at radius 2 is 2.00 bits per heavy atom. The highest BCUT2D eigenvalue weighted by Gasteiger charge is 2.47. The molecule has 0 saturated heterocycles. The van der Waals surface area contributed by atoms with Gasteiger partial charge in [0.25, 0.3) is 0 Å². The molecule has 94 valence electrons. The van der Waals surface area contributed by atoms with E-state index < -0.39 is 0 Å². The van der Waals surface area contributed by atoms with E-state index in [1.165, 1.54) is 5.57 Å². The Kier molecular flexibility index (Phi) is 4.19. The van der Waals surface area contributed by atoms with E-state index in [4.69, 9.17) is 5.11 Å². The van der Waals surface area contributed by atoms with E-state index in [0.29, 0.717) is 24.2 Å². The molecule has 0 radical (unpaired) electrons. The molecule has 0 aromatic rings. The smallest absolute Gasteiger partial charge is 0.0603 e. The molecule has 0 bridgehead atoms. The first-order valence-electron chi connectivity index (χ1n) is 6.29. The van der Waals surface area contributed by atoms with Crippen molar-refractivity contribution in [3.8, 4) is 0 Å². The molecule has 1 aliphatic carbocycles. The summed E-state index contributed by atoms with van der Waals surface area (Å²) in [5, 5.41) is 19.5. The molecule has 0 spiro atoms. The van der Waals surface area contributed by atoms with Crippen LogP contribution < -0.4 is 0 Å². The molecule has 0 aromatic heterocycles. The lowest BCUT2D eigenvalue weighted by Crippen LogP contribution is -2.49. The van der Waals surface area contributed by atoms with Gasteiger partial charge in [0.15, 0.2) is 0 Å². The van der Waals surface area contributed by atoms with E-state index in [0.717, 1.165) is 6.42 Å². The summed E-state index contributed by atoms with van der Waals surface area (Å²) in [7, 11) is 0. The number of aliphatic hydroxyl groups excluding tert-OH is 2. The van der Waals surface area contributed by atoms with Gasteiger partial charge in [-0.2, -0.15) is 0 Å². The number of allylic oxidation sites excluding steroid dienone is 1. The zero-order valence-corrected chi connectivity index (χ0v) is 11.0. The largest absolute Gasteiger partial charge is 0.396 e. The monoisotopic (exact) mass is 226 g/mol. The minimum absolute atomic E-state index is 0.153. The molecule has 2 heteroatoms. The van der Waals surface area contributed by atoms with Gasteiger partial charge in [0.2, 0.25) is 0 Å². The number of hydrogen-bond donors (Lipinski definition) is 2. The van der Waals surface area contributed by atoms with Crippen LogP contribution in [0.4, 0.5) is 0 Å². The van der Waals surface area contributed by atoms with Crippen LogP contribution in [0, 0.1) is 23.2 Å². The molecule has 0 amide bonds. The zero-order chi connectivity index (χ0) is 12.5. The van der Waals surface area contributed by atoms with Gasteiger partial charge in [-0.1, -0.05) is 32.9 Å². The van der Waals surface area contributed by atoms with Crippen LogP contribution in [0.25, 0.3) is 0 Å².